The highest BCUT2D eigenvalue weighted by molar-refractivity contribution is 6.04. The van der Waals surface area contributed by atoms with Crippen LogP contribution in [-0.4, -0.2) is 102 Å². The number of nitrogens with zero attached hydrogens (tertiary/aromatic N) is 4. The van der Waals surface area contributed by atoms with E-state index in [1.54, 1.807) is 33.9 Å². The Morgan fingerprint density at radius 1 is 1.02 bits per heavy atom. The summed E-state index contributed by atoms with van der Waals surface area (Å²) >= 11 is 0. The molecule has 3 heterocycles. The van der Waals surface area contributed by atoms with Gasteiger partial charge in [-0.2, -0.15) is 0 Å². The molecule has 54 heavy (non-hydrogen) atoms. The lowest BCUT2D eigenvalue weighted by molar-refractivity contribution is -0.164. The number of aliphatic hydroxyl groups is 1. The quantitative estimate of drug-likeness (QED) is 0.105. The average Bonchev–Trinajstić information content (AvgIpc) is 3.84. The Hall–Kier alpha value is -4.48. The van der Waals surface area contributed by atoms with Gasteiger partial charge >= 0.3 is 5.97 Å². The molecule has 3 fully saturated rings. The molecule has 1 spiro atoms. The van der Waals surface area contributed by atoms with Crippen LogP contribution in [0.2, 0.25) is 0 Å². The molecular weight excluding hydrogens is 684 g/mol. The van der Waals surface area contributed by atoms with Crippen molar-refractivity contribution in [1.29, 1.82) is 0 Å². The van der Waals surface area contributed by atoms with E-state index in [1.165, 1.54) is 0 Å². The fraction of sp³-hybridized carbons (Fsp3) is 0.535. The van der Waals surface area contributed by atoms with Gasteiger partial charge in [0.2, 0.25) is 11.8 Å². The largest absolute Gasteiger partial charge is 0.455 e. The van der Waals surface area contributed by atoms with Crippen molar-refractivity contribution < 1.29 is 33.8 Å². The van der Waals surface area contributed by atoms with Crippen LogP contribution in [-0.2, 0) is 28.7 Å². The van der Waals surface area contributed by atoms with Crippen LogP contribution >= 0.6 is 0 Å². The molecule has 1 N–H and O–H groups in total. The molecule has 3 aliphatic heterocycles. The normalized spacial score (nSPS) is 23.7. The van der Waals surface area contributed by atoms with Gasteiger partial charge in [-0.05, 0) is 89.1 Å². The zero-order valence-corrected chi connectivity index (χ0v) is 32.4. The Kier molecular flexibility index (Phi) is 13.7. The molecule has 3 aliphatic rings. The van der Waals surface area contributed by atoms with Crippen LogP contribution < -0.4 is 9.80 Å². The number of aliphatic hydroxyl groups excluding tert-OH is 1. The average molecular weight is 743 g/mol. The summed E-state index contributed by atoms with van der Waals surface area (Å²) in [5.41, 5.74) is 1.23. The van der Waals surface area contributed by atoms with Gasteiger partial charge < -0.3 is 34.2 Å². The van der Waals surface area contributed by atoms with Crippen LogP contribution in [0.25, 0.3) is 0 Å². The molecule has 5 rings (SSSR count). The summed E-state index contributed by atoms with van der Waals surface area (Å²) in [6.07, 6.45) is 5.55. The zero-order valence-electron chi connectivity index (χ0n) is 32.4. The summed E-state index contributed by atoms with van der Waals surface area (Å²) < 4.78 is 13.1. The zero-order chi connectivity index (χ0) is 39.0. The molecule has 0 aromatic heterocycles. The molecule has 3 amide bonds. The Morgan fingerprint density at radius 2 is 1.70 bits per heavy atom. The van der Waals surface area contributed by atoms with Crippen molar-refractivity contribution in [3.8, 4) is 0 Å². The highest BCUT2D eigenvalue weighted by atomic mass is 16.6. The number of ether oxygens (including phenoxy) is 2. The van der Waals surface area contributed by atoms with Crippen molar-refractivity contribution in [2.45, 2.75) is 95.6 Å². The van der Waals surface area contributed by atoms with Crippen molar-refractivity contribution >= 4 is 35.1 Å². The summed E-state index contributed by atoms with van der Waals surface area (Å²) in [6.45, 7) is 15.9. The van der Waals surface area contributed by atoms with Gasteiger partial charge in [-0.25, -0.2) is 0 Å². The van der Waals surface area contributed by atoms with Crippen LogP contribution in [0.4, 0.5) is 11.4 Å². The molecule has 2 aromatic carbocycles. The lowest BCUT2D eigenvalue weighted by Crippen LogP contribution is -2.56. The van der Waals surface area contributed by atoms with Crippen molar-refractivity contribution in [1.82, 2.24) is 9.80 Å². The lowest BCUT2D eigenvalue weighted by Gasteiger charge is -2.37. The first kappa shape index (κ1) is 40.7. The van der Waals surface area contributed by atoms with Crippen LogP contribution in [0.3, 0.4) is 0 Å². The minimum atomic E-state index is -1.22. The van der Waals surface area contributed by atoms with E-state index in [1.807, 2.05) is 61.5 Å². The summed E-state index contributed by atoms with van der Waals surface area (Å²) in [5, 5.41) is 9.45. The van der Waals surface area contributed by atoms with E-state index in [4.69, 9.17) is 9.47 Å². The second kappa shape index (κ2) is 18.2. The van der Waals surface area contributed by atoms with Crippen LogP contribution in [0.15, 0.2) is 79.9 Å². The van der Waals surface area contributed by atoms with E-state index >= 15 is 0 Å². The number of likely N-dealkylation sites (tertiary alicyclic amines) is 1. The molecular formula is C43H58N4O7. The number of unbranched alkanes of at least 4 members (excludes halogenated alkanes) is 2. The smallest absolute Gasteiger partial charge is 0.313 e. The summed E-state index contributed by atoms with van der Waals surface area (Å²) in [5.74, 6) is -3.09. The molecule has 11 heteroatoms. The van der Waals surface area contributed by atoms with Crippen LogP contribution in [0.1, 0.15) is 77.4 Å². The van der Waals surface area contributed by atoms with Gasteiger partial charge in [0, 0.05) is 57.6 Å². The van der Waals surface area contributed by atoms with E-state index in [9.17, 15) is 24.3 Å². The van der Waals surface area contributed by atoms with Crippen LogP contribution in [0.5, 0.6) is 0 Å². The first-order valence-corrected chi connectivity index (χ1v) is 19.6. The third-order valence-electron chi connectivity index (χ3n) is 11.6. The summed E-state index contributed by atoms with van der Waals surface area (Å²) in [7, 11) is 1.70. The van der Waals surface area contributed by atoms with Gasteiger partial charge in [-0.15, -0.1) is 13.2 Å². The predicted octanol–water partition coefficient (Wildman–Crippen LogP) is 5.69. The molecule has 0 unspecified atom stereocenters. The minimum absolute atomic E-state index is 0.0359. The Labute approximate surface area is 320 Å². The Morgan fingerprint density at radius 3 is 2.33 bits per heavy atom. The van der Waals surface area contributed by atoms with E-state index in [0.29, 0.717) is 44.2 Å². The number of fused-ring (bicyclic) bond motifs is 1. The van der Waals surface area contributed by atoms with Gasteiger partial charge in [0.25, 0.3) is 5.91 Å². The number of hydrogen-bond acceptors (Lipinski definition) is 8. The number of anilines is 2. The monoisotopic (exact) mass is 742 g/mol. The molecule has 2 aromatic rings. The van der Waals surface area contributed by atoms with Crippen molar-refractivity contribution in [3.05, 3.63) is 85.5 Å². The van der Waals surface area contributed by atoms with Gasteiger partial charge in [0.05, 0.1) is 24.0 Å². The van der Waals surface area contributed by atoms with Gasteiger partial charge in [0.15, 0.2) is 0 Å². The summed E-state index contributed by atoms with van der Waals surface area (Å²) in [6, 6.07) is 15.7. The van der Waals surface area contributed by atoms with E-state index in [0.717, 1.165) is 24.3 Å². The van der Waals surface area contributed by atoms with E-state index in [-0.39, 0.29) is 43.8 Å². The number of esters is 1. The highest BCUT2D eigenvalue weighted by Crippen LogP contribution is 2.59. The number of rotatable bonds is 20. The Bertz CT molecular complexity index is 1630. The van der Waals surface area contributed by atoms with Crippen molar-refractivity contribution in [2.75, 3.05) is 49.6 Å². The minimum Gasteiger partial charge on any atom is -0.455 e. The molecule has 3 saturated heterocycles. The standard InChI is InChI=1S/C43H58N4O7/c1-7-11-20-35(49)44(6)30(5)38(31-18-14-12-15-19-31)53-42(52)36-34-25-26-43(54-34)37(36)40(50)47(28-16-13-17-29-48)39(43)41(51)46(27-8-2)33-23-21-32(22-24-33)45(9-3)10-4/h7-8,12,14-15,18-19,21-24,30,34,36-39,48H,1-2,9-11,13,16-17,20,25-29H2,3-6H3/t30-,34+,36-,37-,38+,39+,43-/m0/s1. The molecule has 0 aliphatic carbocycles. The number of likely N-dealkylation sites (N-methyl/N-ethyl adjacent to an activating group) is 1. The lowest BCUT2D eigenvalue weighted by atomic mass is 9.70. The first-order chi connectivity index (χ1) is 26.1. The Balaban J connectivity index is 1.48. The SMILES string of the molecule is C=CCCC(=O)N(C)[C@@H](C)[C@@H](OC(=O)[C@@H]1[C@H]2C(=O)N(CCCCCO)[C@H](C(=O)N(CC=C)c3ccc(N(CC)CC)cc3)[C@]23CC[C@H]1O3)c1ccccc1. The summed E-state index contributed by atoms with van der Waals surface area (Å²) in [4.78, 5) is 64.3. The molecule has 292 valence electrons. The number of hydrogen-bond donors (Lipinski definition) is 1. The number of allylic oxidation sites excluding steroid dienone is 1. The maximum atomic E-state index is 15.0. The van der Waals surface area contributed by atoms with E-state index < -0.39 is 47.7 Å². The van der Waals surface area contributed by atoms with Crippen LogP contribution in [0, 0.1) is 11.8 Å². The molecule has 11 nitrogen and oxygen atoms in total. The number of benzene rings is 2. The number of carbonyl (C=O) groups excluding carboxylic acids is 4. The predicted molar refractivity (Wildman–Crippen MR) is 210 cm³/mol. The topological polar surface area (TPSA) is 120 Å². The van der Waals surface area contributed by atoms with Crippen molar-refractivity contribution in [3.63, 3.8) is 0 Å². The maximum absolute atomic E-state index is 15.0. The molecule has 2 bridgehead atoms. The fourth-order valence-electron chi connectivity index (χ4n) is 8.67. The van der Waals surface area contributed by atoms with E-state index in [2.05, 4.69) is 31.9 Å². The van der Waals surface area contributed by atoms with Gasteiger partial charge in [-0.3, -0.25) is 19.2 Å². The van der Waals surface area contributed by atoms with Crippen molar-refractivity contribution in [2.24, 2.45) is 11.8 Å². The number of carbonyl (C=O) groups is 4. The van der Waals surface area contributed by atoms with Gasteiger partial charge in [0.1, 0.15) is 17.7 Å². The molecule has 0 saturated carbocycles. The molecule has 0 radical (unpaired) electrons. The first-order valence-electron chi connectivity index (χ1n) is 19.6. The number of amides is 3. The second-order valence-electron chi connectivity index (χ2n) is 14.6. The third kappa shape index (κ3) is 7.98. The third-order valence-corrected chi connectivity index (χ3v) is 11.6. The molecule has 7 atom stereocenters. The van der Waals surface area contributed by atoms with Gasteiger partial charge in [-0.1, -0.05) is 42.5 Å². The maximum Gasteiger partial charge on any atom is 0.313 e. The highest BCUT2D eigenvalue weighted by Gasteiger charge is 2.75. The second-order valence-corrected chi connectivity index (χ2v) is 14.6. The fourth-order valence-corrected chi connectivity index (χ4v) is 8.67.